The van der Waals surface area contributed by atoms with Crippen LogP contribution in [0.5, 0.6) is 5.75 Å². The minimum absolute atomic E-state index is 0.0793. The number of rotatable bonds is 7. The molecule has 0 aliphatic rings. The van der Waals surface area contributed by atoms with Crippen molar-refractivity contribution in [1.82, 2.24) is 0 Å². The van der Waals surface area contributed by atoms with E-state index in [2.05, 4.69) is 0 Å². The zero-order chi connectivity index (χ0) is 21.2. The number of nitrogens with two attached hydrogens (primary N) is 1. The second kappa shape index (κ2) is 8.10. The zero-order valence-corrected chi connectivity index (χ0v) is 16.9. The Labute approximate surface area is 169 Å². The highest BCUT2D eigenvalue weighted by Crippen LogP contribution is 2.31. The van der Waals surface area contributed by atoms with Gasteiger partial charge in [0.15, 0.2) is 0 Å². The van der Waals surface area contributed by atoms with Crippen molar-refractivity contribution >= 4 is 32.5 Å². The van der Waals surface area contributed by atoms with Crippen molar-refractivity contribution in [2.45, 2.75) is 17.4 Å². The summed E-state index contributed by atoms with van der Waals surface area (Å²) >= 11 is 0. The Bertz CT molecular complexity index is 1140. The van der Waals surface area contributed by atoms with Crippen LogP contribution in [0.15, 0.2) is 65.6 Å². The Hall–Kier alpha value is -3.10. The number of aliphatic carboxylic acids is 1. The zero-order valence-electron chi connectivity index (χ0n) is 16.1. The number of nitrogens with zero attached hydrogens (tertiary/aromatic N) is 1. The average molecular weight is 432 g/mol. The molecule has 3 rings (SSSR count). The summed E-state index contributed by atoms with van der Waals surface area (Å²) in [6.07, 6.45) is 0.138. The topological polar surface area (TPSA) is 110 Å². The van der Waals surface area contributed by atoms with Crippen LogP contribution >= 0.6 is 0 Å². The number of carboxylic acids is 1. The number of fused-ring (bicyclic) bond motifs is 1. The van der Waals surface area contributed by atoms with Gasteiger partial charge in [-0.05, 0) is 36.2 Å². The van der Waals surface area contributed by atoms with Crippen LogP contribution in [0, 0.1) is 0 Å². The smallest absolute Gasteiger partial charge is 0.339 e. The summed E-state index contributed by atoms with van der Waals surface area (Å²) in [5.41, 5.74) is 7.09. The molecule has 3 aromatic rings. The van der Waals surface area contributed by atoms with E-state index >= 15 is 0 Å². The van der Waals surface area contributed by atoms with E-state index in [1.165, 1.54) is 18.2 Å². The van der Waals surface area contributed by atoms with Crippen LogP contribution in [0.25, 0.3) is 10.8 Å². The standard InChI is InChI=1S/C21H22N2O5S/c1-23(2)19-7-3-6-17-16(19)5-4-8-20(17)29(26,27)28-15-11-9-14(10-12-15)13-18(22)21(24)25/h3-12,18H,13,22H2,1-2H3,(H,24,25)/t18-/m1/s1/i9+2,10+2,11+2,12+2,13+2,14+2,15+2,18+2,21+2. The number of hydrogen-bond acceptors (Lipinski definition) is 6. The van der Waals surface area contributed by atoms with Gasteiger partial charge >= 0.3 is 16.1 Å². The Morgan fingerprint density at radius 1 is 1.14 bits per heavy atom. The van der Waals surface area contributed by atoms with E-state index in [4.69, 9.17) is 15.0 Å². The molecule has 152 valence electrons. The minimum atomic E-state index is -4.07. The molecule has 8 heteroatoms. The molecule has 0 saturated carbocycles. The highest BCUT2D eigenvalue weighted by Gasteiger charge is 2.21. The Morgan fingerprint density at radius 2 is 1.76 bits per heavy atom. The van der Waals surface area contributed by atoms with Gasteiger partial charge in [-0.3, -0.25) is 4.79 Å². The van der Waals surface area contributed by atoms with Crippen molar-refractivity contribution in [3.8, 4) is 5.75 Å². The van der Waals surface area contributed by atoms with Crippen molar-refractivity contribution in [2.75, 3.05) is 19.0 Å². The van der Waals surface area contributed by atoms with Gasteiger partial charge in [0, 0.05) is 30.6 Å². The number of hydrogen-bond donors (Lipinski definition) is 2. The Balaban J connectivity index is 1.90. The third kappa shape index (κ3) is 4.49. The van der Waals surface area contributed by atoms with E-state index in [9.17, 15) is 13.2 Å². The molecule has 0 aromatic heterocycles. The molecule has 0 unspecified atom stereocenters. The first-order valence-corrected chi connectivity index (χ1v) is 10.3. The highest BCUT2D eigenvalue weighted by molar-refractivity contribution is 7.87. The third-order valence-electron chi connectivity index (χ3n) is 4.51. The second-order valence-electron chi connectivity index (χ2n) is 6.85. The fourth-order valence-corrected chi connectivity index (χ4v) is 4.21. The van der Waals surface area contributed by atoms with Crippen LogP contribution in [-0.4, -0.2) is 39.6 Å². The van der Waals surface area contributed by atoms with Crippen LogP contribution in [0.2, 0.25) is 0 Å². The molecule has 0 spiro atoms. The molecule has 0 fully saturated rings. The number of carboxylic acid groups (broad SMARTS) is 1. The van der Waals surface area contributed by atoms with Crippen LogP contribution in [0.4, 0.5) is 5.69 Å². The predicted molar refractivity (Wildman–Crippen MR) is 112 cm³/mol. The molecular formula is C21H22N2O5S. The molecule has 0 bridgehead atoms. The Morgan fingerprint density at radius 3 is 2.38 bits per heavy atom. The van der Waals surface area contributed by atoms with Gasteiger partial charge in [0.25, 0.3) is 0 Å². The lowest BCUT2D eigenvalue weighted by Crippen LogP contribution is -2.32. The summed E-state index contributed by atoms with van der Waals surface area (Å²) in [5.74, 6) is -0.959. The maximum Gasteiger partial charge on any atom is 0.339 e. The third-order valence-corrected chi connectivity index (χ3v) is 5.82. The van der Waals surface area contributed by atoms with E-state index in [0.717, 1.165) is 11.1 Å². The molecule has 29 heavy (non-hydrogen) atoms. The van der Waals surface area contributed by atoms with Gasteiger partial charge in [-0.15, -0.1) is 0 Å². The minimum Gasteiger partial charge on any atom is -0.480 e. The summed E-state index contributed by atoms with van der Waals surface area (Å²) in [6.45, 7) is 0. The van der Waals surface area contributed by atoms with Gasteiger partial charge in [0.2, 0.25) is 0 Å². The maximum atomic E-state index is 12.9. The van der Waals surface area contributed by atoms with E-state index in [-0.39, 0.29) is 17.1 Å². The molecule has 3 aromatic carbocycles. The summed E-state index contributed by atoms with van der Waals surface area (Å²) in [4.78, 5) is 12.9. The first kappa shape index (κ1) is 20.6. The predicted octanol–water partition coefficient (Wildman–Crippen LogP) is 2.63. The van der Waals surface area contributed by atoms with Crippen LogP contribution in [-0.2, 0) is 21.3 Å². The SMILES string of the molecule is CN(C)c1cccc2c(S(=O)(=O)O[14c]3[14cH][14cH][14c]([14CH2][14C@@H](N)[14C](=O)O)[14cH][14cH]3)cccc12. The van der Waals surface area contributed by atoms with E-state index in [0.29, 0.717) is 10.9 Å². The number of benzene rings is 3. The first-order valence-electron chi connectivity index (χ1n) is 8.90. The van der Waals surface area contributed by atoms with Crippen molar-refractivity contribution in [3.05, 3.63) is 66.2 Å². The molecule has 0 amide bonds. The molecular weight excluding hydrogens is 410 g/mol. The van der Waals surface area contributed by atoms with Gasteiger partial charge in [-0.2, -0.15) is 8.42 Å². The number of anilines is 1. The van der Waals surface area contributed by atoms with Gasteiger partial charge in [0.05, 0.1) is 0 Å². The number of carbonyl (C=O) groups is 1. The van der Waals surface area contributed by atoms with E-state index < -0.39 is 22.1 Å². The summed E-state index contributed by atoms with van der Waals surface area (Å²) in [7, 11) is -0.283. The van der Waals surface area contributed by atoms with Gasteiger partial charge < -0.3 is 19.9 Å². The van der Waals surface area contributed by atoms with Crippen molar-refractivity contribution in [3.63, 3.8) is 0 Å². The summed E-state index contributed by atoms with van der Waals surface area (Å²) in [5, 5.41) is 10.3. The van der Waals surface area contributed by atoms with Gasteiger partial charge in [-0.25, -0.2) is 0 Å². The van der Waals surface area contributed by atoms with Crippen LogP contribution in [0.3, 0.4) is 0 Å². The van der Waals surface area contributed by atoms with Crippen molar-refractivity contribution in [1.29, 1.82) is 0 Å². The largest absolute Gasteiger partial charge is 0.480 e. The van der Waals surface area contributed by atoms with E-state index in [1.807, 2.05) is 31.1 Å². The van der Waals surface area contributed by atoms with Gasteiger partial charge in [-0.1, -0.05) is 36.4 Å². The summed E-state index contributed by atoms with van der Waals surface area (Å²) in [6, 6.07) is 15.7. The molecule has 0 aliphatic carbocycles. The van der Waals surface area contributed by atoms with Crippen LogP contribution < -0.4 is 14.8 Å². The fraction of sp³-hybridized carbons (Fsp3) is 0.190. The quantitative estimate of drug-likeness (QED) is 0.552. The monoisotopic (exact) mass is 432 g/mol. The average Bonchev–Trinajstić information content (AvgIpc) is 2.68. The normalized spacial score (nSPS) is 12.5. The van der Waals surface area contributed by atoms with E-state index in [1.54, 1.807) is 30.3 Å². The Kier molecular flexibility index (Phi) is 5.76. The molecule has 0 heterocycles. The molecule has 1 atom stereocenters. The summed E-state index contributed by atoms with van der Waals surface area (Å²) < 4.78 is 31.1. The molecule has 0 radical (unpaired) electrons. The first-order chi connectivity index (χ1) is 13.7. The van der Waals surface area contributed by atoms with Crippen molar-refractivity contribution in [2.24, 2.45) is 5.73 Å². The lowest BCUT2D eigenvalue weighted by atomic mass is 10.1. The maximum absolute atomic E-state index is 12.9. The molecule has 0 aliphatic heterocycles. The van der Waals surface area contributed by atoms with Gasteiger partial charge in [0.1, 0.15) is 16.7 Å². The molecule has 3 N–H and O–H groups in total. The molecule has 7 nitrogen and oxygen atoms in total. The second-order valence-corrected chi connectivity index (χ2v) is 8.37. The van der Waals surface area contributed by atoms with Crippen LogP contribution in [0.1, 0.15) is 5.56 Å². The highest BCUT2D eigenvalue weighted by atomic mass is 32.2. The fourth-order valence-electron chi connectivity index (χ4n) is 3.07. The molecule has 0 saturated heterocycles. The lowest BCUT2D eigenvalue weighted by molar-refractivity contribution is -0.138. The lowest BCUT2D eigenvalue weighted by Gasteiger charge is -2.17. The van der Waals surface area contributed by atoms with Crippen molar-refractivity contribution < 1.29 is 22.5 Å².